The van der Waals surface area contributed by atoms with Gasteiger partial charge < -0.3 is 4.74 Å². The van der Waals surface area contributed by atoms with Gasteiger partial charge in [-0.05, 0) is 42.5 Å². The summed E-state index contributed by atoms with van der Waals surface area (Å²) in [5, 5.41) is 0.598. The van der Waals surface area contributed by atoms with Gasteiger partial charge in [-0.1, -0.05) is 29.8 Å². The molecule has 1 heterocycles. The van der Waals surface area contributed by atoms with Crippen LogP contribution in [0.4, 0.5) is 11.4 Å². The van der Waals surface area contributed by atoms with Crippen LogP contribution in [0.5, 0.6) is 5.75 Å². The maximum Gasteiger partial charge on any atom is 0.144 e. The summed E-state index contributed by atoms with van der Waals surface area (Å²) in [6.45, 7) is 0. The number of pyridine rings is 1. The van der Waals surface area contributed by atoms with Crippen molar-refractivity contribution in [3.05, 3.63) is 71.9 Å². The molecule has 2 aromatic carbocycles. The maximum absolute atomic E-state index is 6.00. The first-order chi connectivity index (χ1) is 12.7. The minimum Gasteiger partial charge on any atom is -0.495 e. The Kier molecular flexibility index (Phi) is 6.22. The Balaban J connectivity index is 1.58. The fourth-order valence-corrected chi connectivity index (χ4v) is 2.92. The van der Waals surface area contributed by atoms with Gasteiger partial charge in [0, 0.05) is 29.5 Å². The molecule has 0 radical (unpaired) electrons. The van der Waals surface area contributed by atoms with Crippen molar-refractivity contribution in [1.82, 2.24) is 4.98 Å². The molecular weight excluding hydrogens is 370 g/mol. The summed E-state index contributed by atoms with van der Waals surface area (Å²) < 4.78 is 12.7. The highest BCUT2D eigenvalue weighted by Crippen LogP contribution is 2.30. The normalized spacial score (nSPS) is 10.4. The molecule has 1 aromatic heterocycles. The van der Waals surface area contributed by atoms with E-state index in [1.165, 1.54) is 0 Å². The molecule has 1 N–H and O–H groups in total. The molecule has 26 heavy (non-hydrogen) atoms. The van der Waals surface area contributed by atoms with Crippen LogP contribution in [0.15, 0.2) is 66.9 Å². The average molecular weight is 388 g/mol. The van der Waals surface area contributed by atoms with Crippen LogP contribution < -0.4 is 14.5 Å². The molecule has 0 saturated carbocycles. The van der Waals surface area contributed by atoms with Crippen molar-refractivity contribution in [3.63, 3.8) is 0 Å². The Morgan fingerprint density at radius 3 is 2.58 bits per heavy atom. The molecule has 0 aliphatic rings. The molecule has 0 spiro atoms. The van der Waals surface area contributed by atoms with E-state index in [1.54, 1.807) is 31.5 Å². The number of rotatable bonds is 7. The number of benzene rings is 2. The molecule has 3 rings (SSSR count). The summed E-state index contributed by atoms with van der Waals surface area (Å²) in [4.78, 5) is 4.35. The van der Waals surface area contributed by atoms with Crippen molar-refractivity contribution in [2.75, 3.05) is 23.9 Å². The molecule has 0 saturated heterocycles. The predicted octanol–water partition coefficient (Wildman–Crippen LogP) is 5.45. The van der Waals surface area contributed by atoms with Gasteiger partial charge in [0.25, 0.3) is 0 Å². The molecule has 0 atom stereocenters. The van der Waals surface area contributed by atoms with Gasteiger partial charge >= 0.3 is 0 Å². The van der Waals surface area contributed by atoms with E-state index in [0.717, 1.165) is 29.2 Å². The standard InChI is InChI=1S/C19H18ClN3O2S/c1-23(26-25-22-18-13-15(20)8-11-19(18)24-2)16-9-6-14(7-10-16)17-5-3-4-12-21-17/h3-13,22H,1-2H3. The van der Waals surface area contributed by atoms with Gasteiger partial charge in [-0.15, -0.1) is 0 Å². The number of hydrogen-bond donors (Lipinski definition) is 1. The topological polar surface area (TPSA) is 46.6 Å². The van der Waals surface area contributed by atoms with E-state index in [4.69, 9.17) is 20.6 Å². The number of ether oxygens (including phenoxy) is 1. The first-order valence-corrected chi connectivity index (χ1v) is 8.93. The van der Waals surface area contributed by atoms with E-state index in [2.05, 4.69) is 10.5 Å². The summed E-state index contributed by atoms with van der Waals surface area (Å²) >= 11 is 7.16. The molecule has 0 aliphatic carbocycles. The lowest BCUT2D eigenvalue weighted by Gasteiger charge is -2.18. The molecule has 0 amide bonds. The summed E-state index contributed by atoms with van der Waals surface area (Å²) in [5.41, 5.74) is 6.51. The Labute approximate surface area is 162 Å². The molecule has 134 valence electrons. The van der Waals surface area contributed by atoms with E-state index in [0.29, 0.717) is 16.5 Å². The number of hydrogen-bond acceptors (Lipinski definition) is 6. The third-order valence-corrected chi connectivity index (χ3v) is 4.48. The lowest BCUT2D eigenvalue weighted by molar-refractivity contribution is 0.407. The van der Waals surface area contributed by atoms with Gasteiger partial charge in [0.1, 0.15) is 23.7 Å². The summed E-state index contributed by atoms with van der Waals surface area (Å²) in [7, 11) is 3.51. The molecule has 3 aromatic rings. The van der Waals surface area contributed by atoms with Crippen molar-refractivity contribution >= 4 is 35.2 Å². The Morgan fingerprint density at radius 1 is 1.08 bits per heavy atom. The number of aromatic nitrogens is 1. The second-order valence-electron chi connectivity index (χ2n) is 5.36. The highest BCUT2D eigenvalue weighted by Gasteiger charge is 2.07. The zero-order valence-corrected chi connectivity index (χ0v) is 15.9. The van der Waals surface area contributed by atoms with Crippen molar-refractivity contribution in [1.29, 1.82) is 0 Å². The number of nitrogens with zero attached hydrogens (tertiary/aromatic N) is 2. The SMILES string of the molecule is COc1ccc(Cl)cc1NOSN(C)c1ccc(-c2ccccn2)cc1. The van der Waals surface area contributed by atoms with Crippen LogP contribution in [-0.4, -0.2) is 19.1 Å². The molecular formula is C19H18ClN3O2S. The molecule has 0 fully saturated rings. The van der Waals surface area contributed by atoms with Crippen molar-refractivity contribution < 1.29 is 9.02 Å². The van der Waals surface area contributed by atoms with Gasteiger partial charge in [0.05, 0.1) is 12.8 Å². The third kappa shape index (κ3) is 4.60. The van der Waals surface area contributed by atoms with Crippen molar-refractivity contribution in [3.8, 4) is 17.0 Å². The van der Waals surface area contributed by atoms with E-state index in [9.17, 15) is 0 Å². The maximum atomic E-state index is 6.00. The number of anilines is 2. The lowest BCUT2D eigenvalue weighted by atomic mass is 10.1. The molecule has 0 aliphatic heterocycles. The fraction of sp³-hybridized carbons (Fsp3) is 0.105. The van der Waals surface area contributed by atoms with Crippen LogP contribution in [0.1, 0.15) is 0 Å². The van der Waals surface area contributed by atoms with Gasteiger partial charge in [-0.2, -0.15) is 4.28 Å². The molecule has 5 nitrogen and oxygen atoms in total. The first-order valence-electron chi connectivity index (χ1n) is 7.86. The molecule has 0 unspecified atom stereocenters. The second kappa shape index (κ2) is 8.80. The number of methoxy groups -OCH3 is 1. The van der Waals surface area contributed by atoms with Crippen LogP contribution >= 0.6 is 23.8 Å². The average Bonchev–Trinajstić information content (AvgIpc) is 2.69. The highest BCUT2D eigenvalue weighted by atomic mass is 35.5. The van der Waals surface area contributed by atoms with Gasteiger partial charge in [0.15, 0.2) is 0 Å². The zero-order valence-electron chi connectivity index (χ0n) is 14.3. The van der Waals surface area contributed by atoms with Crippen LogP contribution in [0.3, 0.4) is 0 Å². The fourth-order valence-electron chi connectivity index (χ4n) is 2.30. The van der Waals surface area contributed by atoms with Crippen molar-refractivity contribution in [2.24, 2.45) is 0 Å². The Morgan fingerprint density at radius 2 is 1.88 bits per heavy atom. The van der Waals surface area contributed by atoms with Crippen LogP contribution in [0.2, 0.25) is 5.02 Å². The minimum atomic E-state index is 0.598. The Hall–Kier alpha value is -2.41. The highest BCUT2D eigenvalue weighted by molar-refractivity contribution is 7.96. The van der Waals surface area contributed by atoms with E-state index < -0.39 is 0 Å². The monoisotopic (exact) mass is 387 g/mol. The smallest absolute Gasteiger partial charge is 0.144 e. The van der Waals surface area contributed by atoms with Crippen LogP contribution in [0.25, 0.3) is 11.3 Å². The van der Waals surface area contributed by atoms with Crippen LogP contribution in [0, 0.1) is 0 Å². The molecule has 7 heteroatoms. The van der Waals surface area contributed by atoms with Gasteiger partial charge in [-0.25, -0.2) is 5.48 Å². The summed E-state index contributed by atoms with van der Waals surface area (Å²) in [6.07, 6.45) is 1.79. The first kappa shape index (κ1) is 18.4. The van der Waals surface area contributed by atoms with E-state index in [-0.39, 0.29) is 0 Å². The molecule has 0 bridgehead atoms. The minimum absolute atomic E-state index is 0.598. The van der Waals surface area contributed by atoms with Crippen molar-refractivity contribution in [2.45, 2.75) is 0 Å². The van der Waals surface area contributed by atoms with E-state index in [1.807, 2.05) is 53.8 Å². The summed E-state index contributed by atoms with van der Waals surface area (Å²) in [6, 6.07) is 19.2. The zero-order chi connectivity index (χ0) is 18.4. The number of nitrogens with one attached hydrogen (secondary N) is 1. The summed E-state index contributed by atoms with van der Waals surface area (Å²) in [5.74, 6) is 0.650. The number of halogens is 1. The van der Waals surface area contributed by atoms with E-state index >= 15 is 0 Å². The predicted molar refractivity (Wildman–Crippen MR) is 108 cm³/mol. The quantitative estimate of drug-likeness (QED) is 0.330. The van der Waals surface area contributed by atoms with Gasteiger partial charge in [-0.3, -0.25) is 9.29 Å². The Bertz CT molecular complexity index is 847. The van der Waals surface area contributed by atoms with Gasteiger partial charge in [0.2, 0.25) is 0 Å². The largest absolute Gasteiger partial charge is 0.495 e. The second-order valence-corrected chi connectivity index (χ2v) is 6.66. The lowest BCUT2D eigenvalue weighted by Crippen LogP contribution is -2.09. The van der Waals surface area contributed by atoms with Crippen LogP contribution in [-0.2, 0) is 4.28 Å². The third-order valence-electron chi connectivity index (χ3n) is 3.65.